The zero-order valence-electron chi connectivity index (χ0n) is 16.2. The van der Waals surface area contributed by atoms with Gasteiger partial charge >= 0.3 is 5.97 Å². The summed E-state index contributed by atoms with van der Waals surface area (Å²) in [6, 6.07) is 4.99. The molecule has 1 aromatic carbocycles. The second-order valence-corrected chi connectivity index (χ2v) is 5.91. The molecule has 0 aliphatic rings. The van der Waals surface area contributed by atoms with Gasteiger partial charge in [0.2, 0.25) is 5.78 Å². The lowest BCUT2D eigenvalue weighted by molar-refractivity contribution is -0.145. The van der Waals surface area contributed by atoms with Crippen LogP contribution in [-0.4, -0.2) is 35.3 Å². The van der Waals surface area contributed by atoms with E-state index in [9.17, 15) is 23.2 Å². The third kappa shape index (κ3) is 6.00. The summed E-state index contributed by atoms with van der Waals surface area (Å²) in [6.45, 7) is 6.72. The Kier molecular flexibility index (Phi) is 9.01. The Morgan fingerprint density at radius 2 is 1.68 bits per heavy atom. The number of hydrogen-bond acceptors (Lipinski definition) is 4. The van der Waals surface area contributed by atoms with E-state index >= 15 is 0 Å². The predicted molar refractivity (Wildman–Crippen MR) is 99.9 cm³/mol. The fraction of sp³-hybridized carbons (Fsp3) is 0.350. The summed E-state index contributed by atoms with van der Waals surface area (Å²) in [5.74, 6) is -4.91. The minimum Gasteiger partial charge on any atom is -0.456 e. The summed E-state index contributed by atoms with van der Waals surface area (Å²) in [7, 11) is 0. The molecule has 0 radical (unpaired) electrons. The summed E-state index contributed by atoms with van der Waals surface area (Å²) >= 11 is 0. The monoisotopic (exact) mass is 394 g/mol. The van der Waals surface area contributed by atoms with Gasteiger partial charge in [0.05, 0.1) is 5.69 Å². The van der Waals surface area contributed by atoms with E-state index < -0.39 is 53.4 Å². The number of amides is 1. The van der Waals surface area contributed by atoms with E-state index in [1.807, 2.05) is 13.8 Å². The molecular weight excluding hydrogens is 370 g/mol. The van der Waals surface area contributed by atoms with Crippen LogP contribution >= 0.6 is 0 Å². The largest absolute Gasteiger partial charge is 0.456 e. The van der Waals surface area contributed by atoms with Gasteiger partial charge in [0.25, 0.3) is 5.91 Å². The number of Topliss-reactive ketones (excluding diaryl/α,β-unsaturated/α-hetero) is 1. The molecule has 1 atom stereocenters. The lowest BCUT2D eigenvalue weighted by Crippen LogP contribution is -2.46. The number of nitrogens with one attached hydrogen (secondary N) is 2. The average Bonchev–Trinajstić information content (AvgIpc) is 3.20. The number of rotatable bonds is 7. The van der Waals surface area contributed by atoms with Crippen LogP contribution in [-0.2, 0) is 9.53 Å². The quantitative estimate of drug-likeness (QED) is 0.556. The number of ketones is 1. The second-order valence-electron chi connectivity index (χ2n) is 5.91. The van der Waals surface area contributed by atoms with Crippen LogP contribution in [0.5, 0.6) is 0 Å². The van der Waals surface area contributed by atoms with Crippen molar-refractivity contribution in [1.82, 2.24) is 10.3 Å². The minimum atomic E-state index is -1.17. The van der Waals surface area contributed by atoms with Gasteiger partial charge in [-0.25, -0.2) is 13.6 Å². The molecule has 0 saturated carbocycles. The number of esters is 1. The molecule has 0 bridgehead atoms. The van der Waals surface area contributed by atoms with Gasteiger partial charge in [0, 0.05) is 6.20 Å². The summed E-state index contributed by atoms with van der Waals surface area (Å²) in [5, 5.41) is 2.26. The molecule has 0 spiro atoms. The number of halogens is 2. The van der Waals surface area contributed by atoms with E-state index in [0.717, 1.165) is 18.2 Å². The van der Waals surface area contributed by atoms with Crippen LogP contribution in [0.3, 0.4) is 0 Å². The smallest absolute Gasteiger partial charge is 0.329 e. The second kappa shape index (κ2) is 11.0. The number of benzene rings is 1. The molecule has 152 valence electrons. The van der Waals surface area contributed by atoms with Crippen molar-refractivity contribution >= 4 is 17.7 Å². The lowest BCUT2D eigenvalue weighted by atomic mass is 10.0. The predicted octanol–water partition coefficient (Wildman–Crippen LogP) is 3.50. The Bertz CT molecular complexity index is 784. The topological polar surface area (TPSA) is 88.3 Å². The third-order valence-corrected chi connectivity index (χ3v) is 3.64. The summed E-state index contributed by atoms with van der Waals surface area (Å²) < 4.78 is 32.3. The minimum absolute atomic E-state index is 0.274. The van der Waals surface area contributed by atoms with E-state index in [1.165, 1.54) is 6.07 Å². The normalized spacial score (nSPS) is 11.2. The molecule has 6 nitrogen and oxygen atoms in total. The summed E-state index contributed by atoms with van der Waals surface area (Å²) in [6.07, 6.45) is 1.55. The molecule has 0 aliphatic carbocycles. The van der Waals surface area contributed by atoms with Crippen molar-refractivity contribution in [3.05, 3.63) is 59.4 Å². The third-order valence-electron chi connectivity index (χ3n) is 3.64. The molecule has 8 heteroatoms. The van der Waals surface area contributed by atoms with E-state index in [-0.39, 0.29) is 5.69 Å². The maximum atomic E-state index is 13.7. The SMILES string of the molecule is CC.CC(C)C(NC(=O)c1c(F)cccc1F)C(=O)OCC(=O)c1ccc[nH]1. The van der Waals surface area contributed by atoms with E-state index in [2.05, 4.69) is 10.3 Å². The molecule has 1 aromatic heterocycles. The molecule has 2 rings (SSSR count). The molecule has 1 amide bonds. The Morgan fingerprint density at radius 3 is 2.18 bits per heavy atom. The van der Waals surface area contributed by atoms with Crippen LogP contribution in [0.25, 0.3) is 0 Å². The zero-order chi connectivity index (χ0) is 21.3. The zero-order valence-corrected chi connectivity index (χ0v) is 16.2. The Balaban J connectivity index is 0.00000190. The van der Waals surface area contributed by atoms with Gasteiger partial charge in [0.1, 0.15) is 23.2 Å². The average molecular weight is 394 g/mol. The molecule has 0 aliphatic heterocycles. The van der Waals surface area contributed by atoms with Gasteiger partial charge in [-0.15, -0.1) is 0 Å². The van der Waals surface area contributed by atoms with Gasteiger partial charge in [-0.1, -0.05) is 33.8 Å². The first-order valence-electron chi connectivity index (χ1n) is 8.89. The first-order chi connectivity index (χ1) is 13.3. The van der Waals surface area contributed by atoms with Gasteiger partial charge < -0.3 is 15.0 Å². The summed E-state index contributed by atoms with van der Waals surface area (Å²) in [5.41, 5.74) is -0.509. The highest BCUT2D eigenvalue weighted by Crippen LogP contribution is 2.13. The molecular formula is C20H24F2N2O4. The lowest BCUT2D eigenvalue weighted by Gasteiger charge is -2.21. The molecule has 0 saturated heterocycles. The highest BCUT2D eigenvalue weighted by atomic mass is 19.1. The fourth-order valence-electron chi connectivity index (χ4n) is 2.23. The molecule has 1 unspecified atom stereocenters. The highest BCUT2D eigenvalue weighted by molar-refractivity contribution is 5.98. The van der Waals surface area contributed by atoms with Gasteiger partial charge in [-0.3, -0.25) is 9.59 Å². The number of ether oxygens (including phenoxy) is 1. The van der Waals surface area contributed by atoms with Gasteiger partial charge in [-0.05, 0) is 30.2 Å². The highest BCUT2D eigenvalue weighted by Gasteiger charge is 2.29. The Labute approximate surface area is 162 Å². The van der Waals surface area contributed by atoms with Crippen LogP contribution in [0.4, 0.5) is 8.78 Å². The van der Waals surface area contributed by atoms with Crippen molar-refractivity contribution in [3.63, 3.8) is 0 Å². The maximum absolute atomic E-state index is 13.7. The van der Waals surface area contributed by atoms with Gasteiger partial charge in [-0.2, -0.15) is 0 Å². The number of aromatic nitrogens is 1. The number of hydrogen-bond donors (Lipinski definition) is 2. The standard InChI is InChI=1S/C18H18F2N2O4.C2H6/c1-10(2)16(18(25)26-9-14(23)13-7-4-8-21-13)22-17(24)15-11(19)5-3-6-12(15)20;1-2/h3-8,10,16,21H,9H2,1-2H3,(H,22,24);1-2H3. The fourth-order valence-corrected chi connectivity index (χ4v) is 2.23. The van der Waals surface area contributed by atoms with Crippen LogP contribution in [0.2, 0.25) is 0 Å². The first-order valence-corrected chi connectivity index (χ1v) is 8.89. The van der Waals surface area contributed by atoms with Crippen LogP contribution in [0.1, 0.15) is 48.5 Å². The number of H-pyrrole nitrogens is 1. The van der Waals surface area contributed by atoms with Crippen LogP contribution < -0.4 is 5.32 Å². The van der Waals surface area contributed by atoms with Crippen LogP contribution in [0, 0.1) is 17.6 Å². The number of carbonyl (C=O) groups is 3. The number of aromatic amines is 1. The van der Waals surface area contributed by atoms with Crippen molar-refractivity contribution in [2.45, 2.75) is 33.7 Å². The van der Waals surface area contributed by atoms with E-state index in [0.29, 0.717) is 0 Å². The molecule has 28 heavy (non-hydrogen) atoms. The molecule has 2 N–H and O–H groups in total. The van der Waals surface area contributed by atoms with Crippen molar-refractivity contribution < 1.29 is 27.9 Å². The van der Waals surface area contributed by atoms with E-state index in [1.54, 1.807) is 26.1 Å². The number of carbonyl (C=O) groups excluding carboxylic acids is 3. The molecule has 2 aromatic rings. The van der Waals surface area contributed by atoms with Crippen molar-refractivity contribution in [2.24, 2.45) is 5.92 Å². The maximum Gasteiger partial charge on any atom is 0.329 e. The molecule has 1 heterocycles. The molecule has 0 fully saturated rings. The Morgan fingerprint density at radius 1 is 1.07 bits per heavy atom. The van der Waals surface area contributed by atoms with E-state index in [4.69, 9.17) is 4.74 Å². The van der Waals surface area contributed by atoms with Crippen molar-refractivity contribution in [1.29, 1.82) is 0 Å². The first kappa shape index (κ1) is 23.0. The van der Waals surface area contributed by atoms with Crippen molar-refractivity contribution in [2.75, 3.05) is 6.61 Å². The summed E-state index contributed by atoms with van der Waals surface area (Å²) in [4.78, 5) is 38.9. The van der Waals surface area contributed by atoms with Gasteiger partial charge in [0.15, 0.2) is 6.61 Å². The Hall–Kier alpha value is -3.03. The van der Waals surface area contributed by atoms with Crippen molar-refractivity contribution in [3.8, 4) is 0 Å². The van der Waals surface area contributed by atoms with Crippen LogP contribution in [0.15, 0.2) is 36.5 Å².